The maximum Gasteiger partial charge on any atom is 0.0919 e. The van der Waals surface area contributed by atoms with Crippen LogP contribution in [0.4, 0.5) is 0 Å². The first-order chi connectivity index (χ1) is 8.39. The maximum atomic E-state index is 3.78. The lowest BCUT2D eigenvalue weighted by Crippen LogP contribution is -1.74. The Morgan fingerprint density at radius 2 is 1.65 bits per heavy atom. The smallest absolute Gasteiger partial charge is 0.0919 e. The highest BCUT2D eigenvalue weighted by Crippen LogP contribution is 2.05. The lowest BCUT2D eigenvalue weighted by atomic mass is 10.1. The molecule has 88 valence electrons. The van der Waals surface area contributed by atoms with Gasteiger partial charge in [-0.2, -0.15) is 0 Å². The molecule has 0 amide bonds. The second-order valence-corrected chi connectivity index (χ2v) is 3.17. The van der Waals surface area contributed by atoms with Gasteiger partial charge in [-0.15, -0.1) is 0 Å². The quantitative estimate of drug-likeness (QED) is 0.728. The van der Waals surface area contributed by atoms with E-state index in [-0.39, 0.29) is 0 Å². The summed E-state index contributed by atoms with van der Waals surface area (Å²) in [5.41, 5.74) is 1.20. The molecular weight excluding hydrogens is 212 g/mol. The normalized spacial score (nSPS) is 12.1. The van der Waals surface area contributed by atoms with Gasteiger partial charge in [0.2, 0.25) is 0 Å². The summed E-state index contributed by atoms with van der Waals surface area (Å²) in [5, 5.41) is 0. The van der Waals surface area contributed by atoms with Crippen molar-refractivity contribution in [1.29, 1.82) is 0 Å². The Kier molecular flexibility index (Phi) is 6.66. The fourth-order valence-electron chi connectivity index (χ4n) is 0.988. The van der Waals surface area contributed by atoms with Crippen LogP contribution in [-0.4, -0.2) is 19.9 Å². The van der Waals surface area contributed by atoms with Gasteiger partial charge in [-0.3, -0.25) is 0 Å². The van der Waals surface area contributed by atoms with Crippen LogP contribution in [0.2, 0.25) is 0 Å². The van der Waals surface area contributed by atoms with Crippen molar-refractivity contribution in [2.24, 2.45) is 0 Å². The van der Waals surface area contributed by atoms with Gasteiger partial charge in [0.25, 0.3) is 0 Å². The average molecular weight is 228 g/mol. The summed E-state index contributed by atoms with van der Waals surface area (Å²) in [6, 6.07) is 0. The molecule has 4 nitrogen and oxygen atoms in total. The third kappa shape index (κ3) is 7.56. The van der Waals surface area contributed by atoms with Gasteiger partial charge in [0, 0.05) is 24.8 Å². The van der Waals surface area contributed by atoms with Gasteiger partial charge >= 0.3 is 0 Å². The van der Waals surface area contributed by atoms with E-state index in [0.29, 0.717) is 0 Å². The van der Waals surface area contributed by atoms with Crippen LogP contribution >= 0.6 is 0 Å². The molecule has 1 aliphatic carbocycles. The minimum atomic E-state index is 1.02. The maximum absolute atomic E-state index is 3.78. The van der Waals surface area contributed by atoms with Crippen molar-refractivity contribution in [3.8, 4) is 0 Å². The summed E-state index contributed by atoms with van der Waals surface area (Å²) in [4.78, 5) is 12.8. The number of hydrogen-bond acceptors (Lipinski definition) is 2. The second kappa shape index (κ2) is 8.91. The summed E-state index contributed by atoms with van der Waals surface area (Å²) >= 11 is 0. The molecule has 4 heteroatoms. The molecule has 17 heavy (non-hydrogen) atoms. The Morgan fingerprint density at radius 3 is 1.82 bits per heavy atom. The van der Waals surface area contributed by atoms with Gasteiger partial charge in [0.15, 0.2) is 0 Å². The number of nitrogens with one attached hydrogen (secondary N) is 2. The van der Waals surface area contributed by atoms with Crippen molar-refractivity contribution >= 4 is 0 Å². The number of H-pyrrole nitrogens is 2. The molecule has 2 aromatic rings. The molecule has 0 aromatic carbocycles. The van der Waals surface area contributed by atoms with E-state index >= 15 is 0 Å². The van der Waals surface area contributed by atoms with Gasteiger partial charge in [-0.05, 0) is 6.42 Å². The van der Waals surface area contributed by atoms with E-state index in [1.807, 2.05) is 18.2 Å². The van der Waals surface area contributed by atoms with Gasteiger partial charge in [0.05, 0.1) is 12.7 Å². The van der Waals surface area contributed by atoms with Crippen LogP contribution in [0, 0.1) is 0 Å². The van der Waals surface area contributed by atoms with Crippen molar-refractivity contribution < 1.29 is 0 Å². The van der Waals surface area contributed by atoms with Crippen LogP contribution in [0.5, 0.6) is 0 Å². The van der Waals surface area contributed by atoms with Crippen LogP contribution < -0.4 is 0 Å². The van der Waals surface area contributed by atoms with E-state index in [4.69, 9.17) is 0 Å². The zero-order valence-electron chi connectivity index (χ0n) is 9.58. The summed E-state index contributed by atoms with van der Waals surface area (Å²) in [6.07, 6.45) is 19.4. The molecule has 0 aliphatic heterocycles. The van der Waals surface area contributed by atoms with Gasteiger partial charge in [-0.1, -0.05) is 36.5 Å². The van der Waals surface area contributed by atoms with E-state index in [1.54, 1.807) is 37.4 Å². The first-order valence-electron chi connectivity index (χ1n) is 5.26. The molecular formula is C13H16N4. The third-order valence-corrected chi connectivity index (χ3v) is 1.77. The largest absolute Gasteiger partial charge is 0.351 e. The third-order valence-electron chi connectivity index (χ3n) is 1.77. The van der Waals surface area contributed by atoms with E-state index in [9.17, 15) is 0 Å². The number of aromatic amines is 2. The average Bonchev–Trinajstić information content (AvgIpc) is 3.09. The molecule has 0 spiro atoms. The van der Waals surface area contributed by atoms with Crippen LogP contribution in [0.25, 0.3) is 0 Å². The molecule has 0 unspecified atom stereocenters. The van der Waals surface area contributed by atoms with Crippen LogP contribution in [0.15, 0.2) is 73.9 Å². The number of imidazole rings is 2. The van der Waals surface area contributed by atoms with Crippen molar-refractivity contribution in [2.75, 3.05) is 0 Å². The summed E-state index contributed by atoms with van der Waals surface area (Å²) in [6.45, 7) is 3.78. The monoisotopic (exact) mass is 228 g/mol. The first kappa shape index (κ1) is 12.7. The Balaban J connectivity index is 0.000000130. The highest BCUT2D eigenvalue weighted by Gasteiger charge is 1.84. The zero-order valence-corrected chi connectivity index (χ0v) is 9.58. The van der Waals surface area contributed by atoms with E-state index in [1.165, 1.54) is 5.57 Å². The molecule has 0 bridgehead atoms. The molecule has 2 N–H and O–H groups in total. The first-order valence-corrected chi connectivity index (χ1v) is 5.26. The van der Waals surface area contributed by atoms with E-state index in [0.717, 1.165) is 6.42 Å². The van der Waals surface area contributed by atoms with Crippen LogP contribution in [0.1, 0.15) is 6.42 Å². The fourth-order valence-corrected chi connectivity index (χ4v) is 0.988. The molecule has 3 rings (SSSR count). The topological polar surface area (TPSA) is 57.4 Å². The molecule has 1 aliphatic rings. The van der Waals surface area contributed by atoms with E-state index in [2.05, 4.69) is 32.6 Å². The molecule has 0 saturated heterocycles. The Hall–Kier alpha value is -2.36. The Bertz CT molecular complexity index is 363. The molecule has 2 aromatic heterocycles. The molecule has 0 saturated carbocycles. The Labute approximate surface area is 101 Å². The lowest BCUT2D eigenvalue weighted by Gasteiger charge is -1.94. The molecule has 0 atom stereocenters. The number of nitrogens with zero attached hydrogens (tertiary/aromatic N) is 2. The second-order valence-electron chi connectivity index (χ2n) is 3.17. The van der Waals surface area contributed by atoms with Crippen molar-refractivity contribution in [2.45, 2.75) is 6.42 Å². The minimum absolute atomic E-state index is 1.02. The summed E-state index contributed by atoms with van der Waals surface area (Å²) in [5.74, 6) is 0. The predicted molar refractivity (Wildman–Crippen MR) is 69.2 cm³/mol. The van der Waals surface area contributed by atoms with E-state index < -0.39 is 0 Å². The highest BCUT2D eigenvalue weighted by molar-refractivity contribution is 5.26. The van der Waals surface area contributed by atoms with Gasteiger partial charge < -0.3 is 9.97 Å². The number of hydrogen-bond donors (Lipinski definition) is 2. The molecule has 2 heterocycles. The highest BCUT2D eigenvalue weighted by atomic mass is 14.8. The Morgan fingerprint density at radius 1 is 1.00 bits per heavy atom. The summed E-state index contributed by atoms with van der Waals surface area (Å²) < 4.78 is 0. The van der Waals surface area contributed by atoms with Crippen LogP contribution in [0.3, 0.4) is 0 Å². The minimum Gasteiger partial charge on any atom is -0.351 e. The van der Waals surface area contributed by atoms with Crippen molar-refractivity contribution in [1.82, 2.24) is 19.9 Å². The zero-order chi connectivity index (χ0) is 12.2. The predicted octanol–water partition coefficient (Wildman–Crippen LogP) is 2.88. The lowest BCUT2D eigenvalue weighted by molar-refractivity contribution is 1.28. The number of allylic oxidation sites excluding steroid dienone is 5. The number of aromatic nitrogens is 4. The van der Waals surface area contributed by atoms with Gasteiger partial charge in [0.1, 0.15) is 0 Å². The SMILES string of the molecule is C=C1C=CC=CC1.c1c[nH]cn1.c1c[nH]cn1. The molecule has 0 radical (unpaired) electrons. The molecule has 0 fully saturated rings. The standard InChI is InChI=1S/C7H8.2C3H4N2/c1-7-5-3-2-4-6-7;2*1-2-5-3-4-1/h2-5H,1,6H2;2*1-3H,(H,4,5). The number of rotatable bonds is 0. The fraction of sp³-hybridized carbons (Fsp3) is 0.0769. The van der Waals surface area contributed by atoms with Crippen LogP contribution in [-0.2, 0) is 0 Å². The van der Waals surface area contributed by atoms with Crippen molar-refractivity contribution in [3.05, 3.63) is 73.9 Å². The van der Waals surface area contributed by atoms with Crippen molar-refractivity contribution in [3.63, 3.8) is 0 Å². The van der Waals surface area contributed by atoms with Gasteiger partial charge in [-0.25, -0.2) is 9.97 Å². The summed E-state index contributed by atoms with van der Waals surface area (Å²) in [7, 11) is 0.